The van der Waals surface area contributed by atoms with Crippen molar-refractivity contribution in [2.75, 3.05) is 52.4 Å². The van der Waals surface area contributed by atoms with Crippen LogP contribution in [-0.4, -0.2) is 84.8 Å². The second-order valence-electron chi connectivity index (χ2n) is 9.09. The molecule has 0 spiro atoms. The van der Waals surface area contributed by atoms with Crippen molar-refractivity contribution < 1.29 is 14.4 Å². The molecule has 172 valence electrons. The zero-order valence-corrected chi connectivity index (χ0v) is 19.7. The summed E-state index contributed by atoms with van der Waals surface area (Å²) in [6.07, 6.45) is 0.819. The van der Waals surface area contributed by atoms with E-state index >= 15 is 0 Å². The highest BCUT2D eigenvalue weighted by Crippen LogP contribution is 2.22. The van der Waals surface area contributed by atoms with Crippen molar-refractivity contribution in [3.05, 3.63) is 35.4 Å². The van der Waals surface area contributed by atoms with Crippen molar-refractivity contribution in [3.63, 3.8) is 0 Å². The molecular weight excluding hydrogens is 392 g/mol. The lowest BCUT2D eigenvalue weighted by Crippen LogP contribution is -2.43. The Labute approximate surface area is 186 Å². The van der Waals surface area contributed by atoms with E-state index in [2.05, 4.69) is 31.0 Å². The van der Waals surface area contributed by atoms with E-state index in [0.29, 0.717) is 44.8 Å². The maximum absolute atomic E-state index is 12.6. The molecule has 1 fully saturated rings. The van der Waals surface area contributed by atoms with Gasteiger partial charge in [0.1, 0.15) is 0 Å². The van der Waals surface area contributed by atoms with E-state index < -0.39 is 0 Å². The van der Waals surface area contributed by atoms with Crippen molar-refractivity contribution in [1.82, 2.24) is 20.0 Å². The SMILES string of the molecule is CCN(CC)C(=O)CN1CCCN(C(=O)CNC(=O)c2ccc(C(C)(C)C)cc2)CC1. The van der Waals surface area contributed by atoms with Gasteiger partial charge in [-0.1, -0.05) is 32.9 Å². The van der Waals surface area contributed by atoms with Crippen molar-refractivity contribution in [2.24, 2.45) is 0 Å². The topological polar surface area (TPSA) is 73.0 Å². The lowest BCUT2D eigenvalue weighted by Gasteiger charge is -2.25. The van der Waals surface area contributed by atoms with Gasteiger partial charge in [0.15, 0.2) is 0 Å². The Balaban J connectivity index is 1.82. The Hall–Kier alpha value is -2.41. The zero-order chi connectivity index (χ0) is 23.0. The number of nitrogens with one attached hydrogen (secondary N) is 1. The monoisotopic (exact) mass is 430 g/mol. The summed E-state index contributed by atoms with van der Waals surface area (Å²) in [6.45, 7) is 14.8. The first-order valence-corrected chi connectivity index (χ1v) is 11.3. The highest BCUT2D eigenvalue weighted by Gasteiger charge is 2.22. The van der Waals surface area contributed by atoms with E-state index in [9.17, 15) is 14.4 Å². The van der Waals surface area contributed by atoms with Crippen molar-refractivity contribution >= 4 is 17.7 Å². The second-order valence-corrected chi connectivity index (χ2v) is 9.09. The van der Waals surface area contributed by atoms with E-state index in [1.165, 1.54) is 0 Å². The molecular formula is C24H38N4O3. The zero-order valence-electron chi connectivity index (χ0n) is 19.7. The molecule has 0 atom stereocenters. The number of hydrogen-bond donors (Lipinski definition) is 1. The van der Waals surface area contributed by atoms with Crippen LogP contribution in [0.15, 0.2) is 24.3 Å². The summed E-state index contributed by atoms with van der Waals surface area (Å²) >= 11 is 0. The molecule has 1 aliphatic heterocycles. The molecule has 1 aromatic carbocycles. The molecule has 7 heteroatoms. The average molecular weight is 431 g/mol. The summed E-state index contributed by atoms with van der Waals surface area (Å²) in [6, 6.07) is 7.52. The van der Waals surface area contributed by atoms with Crippen LogP contribution in [-0.2, 0) is 15.0 Å². The van der Waals surface area contributed by atoms with Crippen molar-refractivity contribution in [3.8, 4) is 0 Å². The summed E-state index contributed by atoms with van der Waals surface area (Å²) in [7, 11) is 0. The quantitative estimate of drug-likeness (QED) is 0.719. The van der Waals surface area contributed by atoms with Gasteiger partial charge in [-0.05, 0) is 43.4 Å². The summed E-state index contributed by atoms with van der Waals surface area (Å²) in [4.78, 5) is 43.1. The molecule has 0 unspecified atom stereocenters. The van der Waals surface area contributed by atoms with Gasteiger partial charge in [-0.15, -0.1) is 0 Å². The molecule has 3 amide bonds. The summed E-state index contributed by atoms with van der Waals surface area (Å²) in [5.74, 6) is -0.193. The van der Waals surface area contributed by atoms with Crippen LogP contribution in [0.3, 0.4) is 0 Å². The third kappa shape index (κ3) is 7.35. The number of carbonyl (C=O) groups is 3. The highest BCUT2D eigenvalue weighted by molar-refractivity contribution is 5.96. The number of amides is 3. The van der Waals surface area contributed by atoms with E-state index in [1.807, 2.05) is 30.9 Å². The first-order chi connectivity index (χ1) is 14.7. The Morgan fingerprint density at radius 1 is 0.968 bits per heavy atom. The van der Waals surface area contributed by atoms with Crippen LogP contribution in [0.4, 0.5) is 0 Å². The van der Waals surface area contributed by atoms with Gasteiger partial charge in [0.25, 0.3) is 5.91 Å². The fraction of sp³-hybridized carbons (Fsp3) is 0.625. The van der Waals surface area contributed by atoms with Crippen molar-refractivity contribution in [2.45, 2.75) is 46.5 Å². The second kappa shape index (κ2) is 11.3. The highest BCUT2D eigenvalue weighted by atomic mass is 16.2. The fourth-order valence-electron chi connectivity index (χ4n) is 3.74. The number of benzene rings is 1. The Morgan fingerprint density at radius 3 is 2.19 bits per heavy atom. The first kappa shape index (κ1) is 24.9. The molecule has 31 heavy (non-hydrogen) atoms. The number of nitrogens with zero attached hydrogens (tertiary/aromatic N) is 3. The molecule has 1 aromatic rings. The minimum absolute atomic E-state index is 0.0156. The maximum Gasteiger partial charge on any atom is 0.251 e. The predicted molar refractivity (Wildman–Crippen MR) is 123 cm³/mol. The molecule has 7 nitrogen and oxygen atoms in total. The summed E-state index contributed by atoms with van der Waals surface area (Å²) in [5.41, 5.74) is 1.74. The van der Waals surface area contributed by atoms with E-state index in [1.54, 1.807) is 17.0 Å². The molecule has 0 aliphatic carbocycles. The van der Waals surface area contributed by atoms with Gasteiger partial charge in [0.05, 0.1) is 13.1 Å². The van der Waals surface area contributed by atoms with Gasteiger partial charge in [0, 0.05) is 44.8 Å². The van der Waals surface area contributed by atoms with Gasteiger partial charge >= 0.3 is 0 Å². The van der Waals surface area contributed by atoms with Crippen LogP contribution >= 0.6 is 0 Å². The lowest BCUT2D eigenvalue weighted by atomic mass is 9.87. The maximum atomic E-state index is 12.6. The van der Waals surface area contributed by atoms with Crippen LogP contribution in [0.5, 0.6) is 0 Å². The van der Waals surface area contributed by atoms with Crippen LogP contribution in [0.2, 0.25) is 0 Å². The summed E-state index contributed by atoms with van der Waals surface area (Å²) < 4.78 is 0. The summed E-state index contributed by atoms with van der Waals surface area (Å²) in [5, 5.41) is 2.74. The van der Waals surface area contributed by atoms with Crippen molar-refractivity contribution in [1.29, 1.82) is 0 Å². The number of rotatable bonds is 7. The van der Waals surface area contributed by atoms with Crippen LogP contribution in [0.25, 0.3) is 0 Å². The third-order valence-corrected chi connectivity index (χ3v) is 5.83. The van der Waals surface area contributed by atoms with E-state index in [4.69, 9.17) is 0 Å². The largest absolute Gasteiger partial charge is 0.343 e. The molecule has 1 N–H and O–H groups in total. The van der Waals surface area contributed by atoms with Crippen LogP contribution in [0, 0.1) is 0 Å². The average Bonchev–Trinajstić information content (AvgIpc) is 2.97. The van der Waals surface area contributed by atoms with Gasteiger partial charge in [-0.25, -0.2) is 0 Å². The number of likely N-dealkylation sites (N-methyl/N-ethyl adjacent to an activating group) is 1. The first-order valence-electron chi connectivity index (χ1n) is 11.3. The van der Waals surface area contributed by atoms with Gasteiger partial charge in [0.2, 0.25) is 11.8 Å². The Kier molecular flexibility index (Phi) is 9.04. The Morgan fingerprint density at radius 2 is 1.61 bits per heavy atom. The van der Waals surface area contributed by atoms with Crippen LogP contribution in [0.1, 0.15) is 57.0 Å². The molecule has 1 saturated heterocycles. The predicted octanol–water partition coefficient (Wildman–Crippen LogP) is 2.12. The minimum atomic E-state index is -0.241. The fourth-order valence-corrected chi connectivity index (χ4v) is 3.74. The van der Waals surface area contributed by atoms with Gasteiger partial charge in [-0.2, -0.15) is 0 Å². The number of carbonyl (C=O) groups excluding carboxylic acids is 3. The van der Waals surface area contributed by atoms with E-state index in [0.717, 1.165) is 18.5 Å². The number of hydrogen-bond acceptors (Lipinski definition) is 4. The smallest absolute Gasteiger partial charge is 0.251 e. The standard InChI is InChI=1S/C24H38N4O3/c1-6-27(7-2)22(30)18-26-13-8-14-28(16-15-26)21(29)17-25-23(31)19-9-11-20(12-10-19)24(3,4)5/h9-12H,6-8,13-18H2,1-5H3,(H,25,31). The minimum Gasteiger partial charge on any atom is -0.343 e. The van der Waals surface area contributed by atoms with Gasteiger partial charge < -0.3 is 15.1 Å². The Bertz CT molecular complexity index is 751. The third-order valence-electron chi connectivity index (χ3n) is 5.83. The van der Waals surface area contributed by atoms with Gasteiger partial charge in [-0.3, -0.25) is 19.3 Å². The molecule has 0 bridgehead atoms. The molecule has 2 rings (SSSR count). The van der Waals surface area contributed by atoms with Crippen LogP contribution < -0.4 is 5.32 Å². The molecule has 0 aromatic heterocycles. The molecule has 0 saturated carbocycles. The van der Waals surface area contributed by atoms with E-state index in [-0.39, 0.29) is 29.7 Å². The molecule has 0 radical (unpaired) electrons. The lowest BCUT2D eigenvalue weighted by molar-refractivity contribution is -0.132. The molecule has 1 aliphatic rings. The normalized spacial score (nSPS) is 15.3. The molecule has 1 heterocycles.